The minimum atomic E-state index is -3.94. The summed E-state index contributed by atoms with van der Waals surface area (Å²) in [6.45, 7) is 1.16. The maximum Gasteiger partial charge on any atom is 0.340 e. The molecule has 29 heavy (non-hydrogen) atoms. The largest absolute Gasteiger partial charge is 0.465 e. The molecule has 1 amide bonds. The van der Waals surface area contributed by atoms with E-state index in [2.05, 4.69) is 10.4 Å². The average Bonchev–Trinajstić information content (AvgIpc) is 3.13. The number of sulfonamides is 1. The summed E-state index contributed by atoms with van der Waals surface area (Å²) in [5.41, 5.74) is 1.21. The lowest BCUT2D eigenvalue weighted by Crippen LogP contribution is -2.45. The van der Waals surface area contributed by atoms with Crippen LogP contribution in [-0.2, 0) is 21.8 Å². The van der Waals surface area contributed by atoms with E-state index < -0.39 is 16.0 Å². The molecular weight excluding hydrogens is 398 g/mol. The lowest BCUT2D eigenvalue weighted by Gasteiger charge is -2.34. The molecule has 1 saturated heterocycles. The fourth-order valence-corrected chi connectivity index (χ4v) is 3.85. The number of nitrogens with zero attached hydrogens (tertiary/aromatic N) is 3. The van der Waals surface area contributed by atoms with Crippen LogP contribution in [0, 0.1) is 0 Å². The van der Waals surface area contributed by atoms with Crippen molar-refractivity contribution >= 4 is 27.6 Å². The Morgan fingerprint density at radius 1 is 1.28 bits per heavy atom. The van der Waals surface area contributed by atoms with Gasteiger partial charge in [-0.3, -0.25) is 9.48 Å². The predicted octanol–water partition coefficient (Wildman–Crippen LogP) is 0.253. The van der Waals surface area contributed by atoms with Gasteiger partial charge in [0.05, 0.1) is 35.0 Å². The second-order valence-corrected chi connectivity index (χ2v) is 8.41. The Labute approximate surface area is 168 Å². The summed E-state index contributed by atoms with van der Waals surface area (Å²) >= 11 is 0. The van der Waals surface area contributed by atoms with Gasteiger partial charge in [0, 0.05) is 32.4 Å². The maximum atomic E-state index is 12.3. The molecule has 0 radical (unpaired) electrons. The summed E-state index contributed by atoms with van der Waals surface area (Å²) in [4.78, 5) is 26.3. The van der Waals surface area contributed by atoms with Crippen LogP contribution in [0.3, 0.4) is 0 Å². The molecule has 0 bridgehead atoms. The standard InChI is InChI=1S/C18H23N5O5S/c1-22-11-12(10-20-22)17(24)21-13-5-7-23(8-6-13)16-4-3-14(29(19,26)27)9-15(16)18(25)28-2/h3-4,9-11,13H,5-8H2,1-2H3,(H,21,24)(H2,19,26,27). The molecule has 2 heterocycles. The van der Waals surface area contributed by atoms with Crippen molar-refractivity contribution < 1.29 is 22.7 Å². The van der Waals surface area contributed by atoms with Crippen LogP contribution in [-0.4, -0.2) is 56.3 Å². The van der Waals surface area contributed by atoms with E-state index in [-0.39, 0.29) is 22.4 Å². The highest BCUT2D eigenvalue weighted by Crippen LogP contribution is 2.27. The first-order valence-electron chi connectivity index (χ1n) is 8.98. The first-order chi connectivity index (χ1) is 13.7. The number of piperidine rings is 1. The number of ether oxygens (including phenoxy) is 1. The maximum absolute atomic E-state index is 12.3. The number of esters is 1. The van der Waals surface area contributed by atoms with E-state index in [1.807, 2.05) is 4.90 Å². The van der Waals surface area contributed by atoms with Gasteiger partial charge in [-0.25, -0.2) is 18.4 Å². The number of nitrogens with one attached hydrogen (secondary N) is 1. The smallest absolute Gasteiger partial charge is 0.340 e. The molecule has 0 aliphatic carbocycles. The SMILES string of the molecule is COC(=O)c1cc(S(N)(=O)=O)ccc1N1CCC(NC(=O)c2cnn(C)c2)CC1. The third-order valence-electron chi connectivity index (χ3n) is 4.84. The second kappa shape index (κ2) is 8.21. The Kier molecular flexibility index (Phi) is 5.89. The van der Waals surface area contributed by atoms with Crippen LogP contribution in [0.15, 0.2) is 35.5 Å². The third kappa shape index (κ3) is 4.74. The van der Waals surface area contributed by atoms with Crippen molar-refractivity contribution in [3.8, 4) is 0 Å². The fraction of sp³-hybridized carbons (Fsp3) is 0.389. The molecule has 0 spiro atoms. The van der Waals surface area contributed by atoms with Gasteiger partial charge in [-0.2, -0.15) is 5.10 Å². The van der Waals surface area contributed by atoms with E-state index >= 15 is 0 Å². The first-order valence-corrected chi connectivity index (χ1v) is 10.5. The molecule has 11 heteroatoms. The molecular formula is C18H23N5O5S. The molecule has 3 rings (SSSR count). The Balaban J connectivity index is 1.71. The highest BCUT2D eigenvalue weighted by Gasteiger charge is 2.26. The Morgan fingerprint density at radius 2 is 1.97 bits per heavy atom. The Bertz CT molecular complexity index is 1030. The number of hydrogen-bond acceptors (Lipinski definition) is 7. The molecule has 0 atom stereocenters. The van der Waals surface area contributed by atoms with Gasteiger partial charge in [0.2, 0.25) is 10.0 Å². The number of primary sulfonamides is 1. The van der Waals surface area contributed by atoms with Crippen LogP contribution in [0.1, 0.15) is 33.6 Å². The van der Waals surface area contributed by atoms with Gasteiger partial charge < -0.3 is 15.0 Å². The summed E-state index contributed by atoms with van der Waals surface area (Å²) in [6.07, 6.45) is 4.51. The van der Waals surface area contributed by atoms with Crippen molar-refractivity contribution in [1.82, 2.24) is 15.1 Å². The van der Waals surface area contributed by atoms with E-state index in [1.165, 1.54) is 25.4 Å². The lowest BCUT2D eigenvalue weighted by atomic mass is 10.0. The van der Waals surface area contributed by atoms with Crippen LogP contribution in [0.4, 0.5) is 5.69 Å². The van der Waals surface area contributed by atoms with Gasteiger partial charge in [-0.05, 0) is 31.0 Å². The third-order valence-corrected chi connectivity index (χ3v) is 5.75. The van der Waals surface area contributed by atoms with E-state index in [0.29, 0.717) is 37.2 Å². The van der Waals surface area contributed by atoms with Gasteiger partial charge >= 0.3 is 5.97 Å². The van der Waals surface area contributed by atoms with E-state index in [0.717, 1.165) is 0 Å². The molecule has 1 aliphatic rings. The van der Waals surface area contributed by atoms with Gasteiger partial charge in [0.1, 0.15) is 0 Å². The molecule has 10 nitrogen and oxygen atoms in total. The number of nitrogens with two attached hydrogens (primary N) is 1. The molecule has 1 fully saturated rings. The molecule has 1 aliphatic heterocycles. The number of hydrogen-bond donors (Lipinski definition) is 2. The zero-order valence-corrected chi connectivity index (χ0v) is 17.0. The number of methoxy groups -OCH3 is 1. The number of rotatable bonds is 5. The first kappa shape index (κ1) is 20.8. The molecule has 2 aromatic rings. The minimum absolute atomic E-state index is 0.00998. The van der Waals surface area contributed by atoms with Gasteiger partial charge in [-0.1, -0.05) is 0 Å². The van der Waals surface area contributed by atoms with Crippen LogP contribution in [0.5, 0.6) is 0 Å². The number of carbonyl (C=O) groups excluding carboxylic acids is 2. The highest BCUT2D eigenvalue weighted by molar-refractivity contribution is 7.89. The van der Waals surface area contributed by atoms with Crippen molar-refractivity contribution in [3.05, 3.63) is 41.7 Å². The fourth-order valence-electron chi connectivity index (χ4n) is 3.31. The number of carbonyl (C=O) groups is 2. The van der Waals surface area contributed by atoms with E-state index in [4.69, 9.17) is 9.88 Å². The molecule has 1 aromatic heterocycles. The molecule has 0 saturated carbocycles. The normalized spacial score (nSPS) is 15.2. The zero-order valence-electron chi connectivity index (χ0n) is 16.2. The monoisotopic (exact) mass is 421 g/mol. The van der Waals surface area contributed by atoms with Crippen molar-refractivity contribution in [1.29, 1.82) is 0 Å². The summed E-state index contributed by atoms with van der Waals surface area (Å²) in [5, 5.41) is 12.2. The number of aryl methyl sites for hydroxylation is 1. The minimum Gasteiger partial charge on any atom is -0.465 e. The van der Waals surface area contributed by atoms with Crippen LogP contribution in [0.2, 0.25) is 0 Å². The average molecular weight is 421 g/mol. The number of aromatic nitrogens is 2. The van der Waals surface area contributed by atoms with Crippen molar-refractivity contribution in [2.45, 2.75) is 23.8 Å². The van der Waals surface area contributed by atoms with Gasteiger partial charge in [0.15, 0.2) is 0 Å². The second-order valence-electron chi connectivity index (χ2n) is 6.85. The summed E-state index contributed by atoms with van der Waals surface area (Å²) < 4.78 is 29.6. The van der Waals surface area contributed by atoms with E-state index in [9.17, 15) is 18.0 Å². The van der Waals surface area contributed by atoms with Crippen LogP contribution >= 0.6 is 0 Å². The highest BCUT2D eigenvalue weighted by atomic mass is 32.2. The molecule has 156 valence electrons. The van der Waals surface area contributed by atoms with Crippen molar-refractivity contribution in [3.63, 3.8) is 0 Å². The van der Waals surface area contributed by atoms with Gasteiger partial charge in [-0.15, -0.1) is 0 Å². The quantitative estimate of drug-likeness (QED) is 0.661. The molecule has 3 N–H and O–H groups in total. The Hall–Kier alpha value is -2.92. The van der Waals surface area contributed by atoms with Crippen molar-refractivity contribution in [2.24, 2.45) is 12.2 Å². The number of benzene rings is 1. The summed E-state index contributed by atoms with van der Waals surface area (Å²) in [7, 11) is -0.965. The molecule has 1 aromatic carbocycles. The Morgan fingerprint density at radius 3 is 2.52 bits per heavy atom. The van der Waals surface area contributed by atoms with Crippen LogP contribution in [0.25, 0.3) is 0 Å². The zero-order chi connectivity index (χ0) is 21.2. The predicted molar refractivity (Wildman–Crippen MR) is 105 cm³/mol. The summed E-state index contributed by atoms with van der Waals surface area (Å²) in [5.74, 6) is -0.818. The van der Waals surface area contributed by atoms with E-state index in [1.54, 1.807) is 24.0 Å². The van der Waals surface area contributed by atoms with Crippen molar-refractivity contribution in [2.75, 3.05) is 25.1 Å². The topological polar surface area (TPSA) is 137 Å². The number of anilines is 1. The van der Waals surface area contributed by atoms with Crippen LogP contribution < -0.4 is 15.4 Å². The van der Waals surface area contributed by atoms with Gasteiger partial charge in [0.25, 0.3) is 5.91 Å². The summed E-state index contributed by atoms with van der Waals surface area (Å²) in [6, 6.07) is 4.14. The molecule has 0 unspecified atom stereocenters. The number of amides is 1. The lowest BCUT2D eigenvalue weighted by molar-refractivity contribution is 0.0601.